The normalized spacial score (nSPS) is 11.8. The predicted octanol–water partition coefficient (Wildman–Crippen LogP) is 2.10. The van der Waals surface area contributed by atoms with Gasteiger partial charge < -0.3 is 11.5 Å². The van der Waals surface area contributed by atoms with E-state index < -0.39 is 16.8 Å². The summed E-state index contributed by atoms with van der Waals surface area (Å²) in [4.78, 5) is 3.59. The molecule has 18 heavy (non-hydrogen) atoms. The molecule has 2 aromatic rings. The van der Waals surface area contributed by atoms with Crippen molar-refractivity contribution in [3.05, 3.63) is 28.8 Å². The standard InChI is InChI=1S/C9H7ClF3N5/c10-6-2-1-4(3-5(6)9(11,12)13)18-8(15)16-7(14)17-18/h1-3H,(H4,14,15,16,17). The molecule has 9 heteroatoms. The summed E-state index contributed by atoms with van der Waals surface area (Å²) in [5.41, 5.74) is 9.87. The number of rotatable bonds is 1. The van der Waals surface area contributed by atoms with Gasteiger partial charge in [-0.2, -0.15) is 22.8 Å². The lowest BCUT2D eigenvalue weighted by atomic mass is 10.2. The van der Waals surface area contributed by atoms with Gasteiger partial charge in [-0.1, -0.05) is 11.6 Å². The molecule has 1 aromatic carbocycles. The lowest BCUT2D eigenvalue weighted by Gasteiger charge is -2.11. The van der Waals surface area contributed by atoms with Crippen molar-refractivity contribution in [2.75, 3.05) is 11.5 Å². The van der Waals surface area contributed by atoms with Crippen LogP contribution in [-0.4, -0.2) is 14.8 Å². The third-order valence-electron chi connectivity index (χ3n) is 2.15. The highest BCUT2D eigenvalue weighted by Gasteiger charge is 2.33. The van der Waals surface area contributed by atoms with Crippen molar-refractivity contribution < 1.29 is 13.2 Å². The first-order chi connectivity index (χ1) is 8.29. The first kappa shape index (κ1) is 12.5. The highest BCUT2D eigenvalue weighted by molar-refractivity contribution is 6.31. The molecule has 0 aliphatic carbocycles. The van der Waals surface area contributed by atoms with Crippen LogP contribution in [0.3, 0.4) is 0 Å². The summed E-state index contributed by atoms with van der Waals surface area (Å²) in [6, 6.07) is 3.27. The monoisotopic (exact) mass is 277 g/mol. The van der Waals surface area contributed by atoms with Crippen LogP contribution in [0, 0.1) is 0 Å². The second kappa shape index (κ2) is 4.05. The molecule has 0 radical (unpaired) electrons. The minimum Gasteiger partial charge on any atom is -0.368 e. The number of alkyl halides is 3. The van der Waals surface area contributed by atoms with Crippen LogP contribution in [0.1, 0.15) is 5.56 Å². The SMILES string of the molecule is Nc1nc(N)n(-c2ccc(Cl)c(C(F)(F)F)c2)n1. The minimum absolute atomic E-state index is 0.0772. The molecule has 0 bridgehead atoms. The Bertz CT molecular complexity index is 592. The van der Waals surface area contributed by atoms with E-state index in [4.69, 9.17) is 23.1 Å². The summed E-state index contributed by atoms with van der Waals surface area (Å²) in [7, 11) is 0. The molecule has 0 saturated carbocycles. The number of nitrogen functional groups attached to an aromatic ring is 2. The average Bonchev–Trinajstić information content (AvgIpc) is 2.57. The first-order valence-electron chi connectivity index (χ1n) is 4.64. The van der Waals surface area contributed by atoms with E-state index in [1.54, 1.807) is 0 Å². The molecule has 5 nitrogen and oxygen atoms in total. The van der Waals surface area contributed by atoms with Crippen LogP contribution in [0.4, 0.5) is 25.1 Å². The van der Waals surface area contributed by atoms with Gasteiger partial charge in [0.25, 0.3) is 0 Å². The van der Waals surface area contributed by atoms with Crippen LogP contribution in [0.5, 0.6) is 0 Å². The molecule has 1 heterocycles. The van der Waals surface area contributed by atoms with Crippen LogP contribution in [0.15, 0.2) is 18.2 Å². The van der Waals surface area contributed by atoms with Crippen LogP contribution in [-0.2, 0) is 6.18 Å². The van der Waals surface area contributed by atoms with Gasteiger partial charge in [-0.05, 0) is 18.2 Å². The molecule has 1 aromatic heterocycles. The lowest BCUT2D eigenvalue weighted by Crippen LogP contribution is -2.09. The summed E-state index contributed by atoms with van der Waals surface area (Å²) < 4.78 is 39.0. The second-order valence-electron chi connectivity index (χ2n) is 3.40. The van der Waals surface area contributed by atoms with Gasteiger partial charge in [-0.25, -0.2) is 0 Å². The number of nitrogens with two attached hydrogens (primary N) is 2. The van der Waals surface area contributed by atoms with Gasteiger partial charge in [-0.3, -0.25) is 0 Å². The number of hydrogen-bond donors (Lipinski definition) is 2. The summed E-state index contributed by atoms with van der Waals surface area (Å²) in [5, 5.41) is 3.28. The Hall–Kier alpha value is -1.96. The summed E-state index contributed by atoms with van der Waals surface area (Å²) in [6.07, 6.45) is -4.56. The van der Waals surface area contributed by atoms with Gasteiger partial charge in [0.15, 0.2) is 0 Å². The third kappa shape index (κ3) is 2.19. The Balaban J connectivity index is 2.57. The maximum Gasteiger partial charge on any atom is 0.417 e. The Labute approximate surface area is 104 Å². The quantitative estimate of drug-likeness (QED) is 0.836. The zero-order valence-corrected chi connectivity index (χ0v) is 9.50. The molecule has 2 rings (SSSR count). The molecule has 4 N–H and O–H groups in total. The molecule has 0 unspecified atom stereocenters. The number of nitrogens with zero attached hydrogens (tertiary/aromatic N) is 3. The fourth-order valence-electron chi connectivity index (χ4n) is 1.39. The molecule has 96 valence electrons. The summed E-state index contributed by atoms with van der Waals surface area (Å²) in [5.74, 6) is -0.237. The third-order valence-corrected chi connectivity index (χ3v) is 2.48. The Morgan fingerprint density at radius 2 is 1.89 bits per heavy atom. The molecule has 0 aliphatic rings. The van der Waals surface area contributed by atoms with Crippen molar-refractivity contribution in [2.24, 2.45) is 0 Å². The molecule has 0 atom stereocenters. The zero-order valence-electron chi connectivity index (χ0n) is 8.74. The number of hydrogen-bond acceptors (Lipinski definition) is 4. The number of benzene rings is 1. The van der Waals surface area contributed by atoms with Gasteiger partial charge in [0.05, 0.1) is 16.3 Å². The first-order valence-corrected chi connectivity index (χ1v) is 5.02. The largest absolute Gasteiger partial charge is 0.417 e. The van der Waals surface area contributed by atoms with E-state index in [0.29, 0.717) is 0 Å². The molecular formula is C9H7ClF3N5. The van der Waals surface area contributed by atoms with E-state index in [1.807, 2.05) is 0 Å². The molecule has 0 aliphatic heterocycles. The number of aromatic nitrogens is 3. The van der Waals surface area contributed by atoms with Crippen molar-refractivity contribution >= 4 is 23.5 Å². The number of anilines is 2. The van der Waals surface area contributed by atoms with Crippen molar-refractivity contribution in [3.8, 4) is 5.69 Å². The number of halogens is 4. The van der Waals surface area contributed by atoms with Crippen LogP contribution >= 0.6 is 11.6 Å². The maximum absolute atomic E-state index is 12.7. The predicted molar refractivity (Wildman–Crippen MR) is 60.2 cm³/mol. The lowest BCUT2D eigenvalue weighted by molar-refractivity contribution is -0.137. The van der Waals surface area contributed by atoms with Crippen molar-refractivity contribution in [2.45, 2.75) is 6.18 Å². The van der Waals surface area contributed by atoms with E-state index in [2.05, 4.69) is 10.1 Å². The smallest absolute Gasteiger partial charge is 0.368 e. The molecule has 0 amide bonds. The van der Waals surface area contributed by atoms with Crippen molar-refractivity contribution in [1.29, 1.82) is 0 Å². The van der Waals surface area contributed by atoms with Crippen LogP contribution in [0.2, 0.25) is 5.02 Å². The van der Waals surface area contributed by atoms with Gasteiger partial charge in [-0.15, -0.1) is 5.10 Å². The van der Waals surface area contributed by atoms with E-state index in [0.717, 1.165) is 16.8 Å². The highest BCUT2D eigenvalue weighted by atomic mass is 35.5. The Morgan fingerprint density at radius 3 is 2.39 bits per heavy atom. The van der Waals surface area contributed by atoms with Crippen LogP contribution in [0.25, 0.3) is 5.69 Å². The van der Waals surface area contributed by atoms with Crippen molar-refractivity contribution in [3.63, 3.8) is 0 Å². The second-order valence-corrected chi connectivity index (χ2v) is 3.81. The molecular weight excluding hydrogens is 271 g/mol. The molecule has 0 fully saturated rings. The summed E-state index contributed by atoms with van der Waals surface area (Å²) in [6.45, 7) is 0. The Morgan fingerprint density at radius 1 is 1.22 bits per heavy atom. The van der Waals surface area contributed by atoms with E-state index in [9.17, 15) is 13.2 Å². The van der Waals surface area contributed by atoms with E-state index in [1.165, 1.54) is 6.07 Å². The average molecular weight is 278 g/mol. The highest BCUT2D eigenvalue weighted by Crippen LogP contribution is 2.35. The molecule has 0 saturated heterocycles. The maximum atomic E-state index is 12.7. The summed E-state index contributed by atoms with van der Waals surface area (Å²) >= 11 is 5.49. The van der Waals surface area contributed by atoms with E-state index >= 15 is 0 Å². The van der Waals surface area contributed by atoms with Gasteiger partial charge in [0.1, 0.15) is 0 Å². The van der Waals surface area contributed by atoms with E-state index in [-0.39, 0.29) is 17.6 Å². The molecule has 0 spiro atoms. The zero-order chi connectivity index (χ0) is 13.5. The van der Waals surface area contributed by atoms with Gasteiger partial charge in [0.2, 0.25) is 11.9 Å². The van der Waals surface area contributed by atoms with Gasteiger partial charge >= 0.3 is 6.18 Å². The fraction of sp³-hybridized carbons (Fsp3) is 0.111. The van der Waals surface area contributed by atoms with Gasteiger partial charge in [0, 0.05) is 0 Å². The van der Waals surface area contributed by atoms with Crippen molar-refractivity contribution in [1.82, 2.24) is 14.8 Å². The minimum atomic E-state index is -4.56. The van der Waals surface area contributed by atoms with Crippen LogP contribution < -0.4 is 11.5 Å². The topological polar surface area (TPSA) is 82.7 Å². The fourth-order valence-corrected chi connectivity index (χ4v) is 1.62. The Kier molecular flexibility index (Phi) is 2.81.